The summed E-state index contributed by atoms with van der Waals surface area (Å²) < 4.78 is 5.07. The molecule has 3 nitrogen and oxygen atoms in total. The van der Waals surface area contributed by atoms with Gasteiger partial charge in [-0.1, -0.05) is 23.2 Å². The van der Waals surface area contributed by atoms with Crippen LogP contribution in [0, 0.1) is 5.92 Å². The summed E-state index contributed by atoms with van der Waals surface area (Å²) in [7, 11) is 1.52. The standard InChI is InChI=1S/C13H15Cl2NO2/c1-18-12-6-10(14)9(5-11(12)15)13(17)8-3-2-4-16-7-8/h5-6,8,16H,2-4,7H2,1H3. The molecule has 0 aromatic heterocycles. The molecule has 2 rings (SSSR count). The third kappa shape index (κ3) is 2.79. The van der Waals surface area contributed by atoms with Gasteiger partial charge >= 0.3 is 0 Å². The van der Waals surface area contributed by atoms with Gasteiger partial charge in [-0.25, -0.2) is 0 Å². The highest BCUT2D eigenvalue weighted by Crippen LogP contribution is 2.32. The van der Waals surface area contributed by atoms with E-state index in [-0.39, 0.29) is 11.7 Å². The second-order valence-electron chi connectivity index (χ2n) is 4.37. The summed E-state index contributed by atoms with van der Waals surface area (Å²) in [5, 5.41) is 4.03. The maximum absolute atomic E-state index is 12.3. The van der Waals surface area contributed by atoms with E-state index in [2.05, 4.69) is 5.32 Å². The molecule has 1 fully saturated rings. The van der Waals surface area contributed by atoms with Crippen LogP contribution in [0.5, 0.6) is 5.75 Å². The average molecular weight is 288 g/mol. The number of carbonyl (C=O) groups is 1. The highest BCUT2D eigenvalue weighted by Gasteiger charge is 2.24. The van der Waals surface area contributed by atoms with Crippen LogP contribution >= 0.6 is 23.2 Å². The molecule has 0 spiro atoms. The summed E-state index contributed by atoms with van der Waals surface area (Å²) in [5.41, 5.74) is 0.483. The van der Waals surface area contributed by atoms with Gasteiger partial charge in [0.2, 0.25) is 0 Å². The van der Waals surface area contributed by atoms with E-state index in [0.29, 0.717) is 27.9 Å². The third-order valence-corrected chi connectivity index (χ3v) is 3.78. The van der Waals surface area contributed by atoms with Crippen molar-refractivity contribution in [2.24, 2.45) is 5.92 Å². The lowest BCUT2D eigenvalue weighted by Crippen LogP contribution is -2.34. The topological polar surface area (TPSA) is 38.3 Å². The van der Waals surface area contributed by atoms with Crippen LogP contribution in [0.15, 0.2) is 12.1 Å². The molecule has 0 radical (unpaired) electrons. The molecule has 0 bridgehead atoms. The van der Waals surface area contributed by atoms with E-state index in [4.69, 9.17) is 27.9 Å². The molecule has 98 valence electrons. The Morgan fingerprint density at radius 2 is 2.17 bits per heavy atom. The number of halogens is 2. The number of Topliss-reactive ketones (excluding diaryl/α,β-unsaturated/α-hetero) is 1. The van der Waals surface area contributed by atoms with Crippen molar-refractivity contribution in [3.05, 3.63) is 27.7 Å². The van der Waals surface area contributed by atoms with Crippen molar-refractivity contribution in [2.75, 3.05) is 20.2 Å². The number of ketones is 1. The number of benzene rings is 1. The predicted octanol–water partition coefficient (Wildman–Crippen LogP) is 3.18. The van der Waals surface area contributed by atoms with Gasteiger partial charge in [0.15, 0.2) is 5.78 Å². The molecule has 0 amide bonds. The molecule has 1 aromatic carbocycles. The second-order valence-corrected chi connectivity index (χ2v) is 5.19. The third-order valence-electron chi connectivity index (χ3n) is 3.17. The fourth-order valence-electron chi connectivity index (χ4n) is 2.17. The van der Waals surface area contributed by atoms with Crippen molar-refractivity contribution in [1.82, 2.24) is 5.32 Å². The highest BCUT2D eigenvalue weighted by atomic mass is 35.5. The first-order valence-electron chi connectivity index (χ1n) is 5.91. The lowest BCUT2D eigenvalue weighted by molar-refractivity contribution is 0.0900. The highest BCUT2D eigenvalue weighted by molar-refractivity contribution is 6.36. The molecule has 1 atom stereocenters. The van der Waals surface area contributed by atoms with Crippen molar-refractivity contribution >= 4 is 29.0 Å². The van der Waals surface area contributed by atoms with Gasteiger partial charge in [0.1, 0.15) is 5.75 Å². The van der Waals surface area contributed by atoms with Crippen LogP contribution < -0.4 is 10.1 Å². The molecule has 1 heterocycles. The molecule has 5 heteroatoms. The van der Waals surface area contributed by atoms with E-state index < -0.39 is 0 Å². The number of carbonyl (C=O) groups excluding carboxylic acids is 1. The average Bonchev–Trinajstić information content (AvgIpc) is 2.41. The Morgan fingerprint density at radius 3 is 2.78 bits per heavy atom. The summed E-state index contributed by atoms with van der Waals surface area (Å²) in [6.07, 6.45) is 1.91. The lowest BCUT2D eigenvalue weighted by Gasteiger charge is -2.22. The predicted molar refractivity (Wildman–Crippen MR) is 72.9 cm³/mol. The molecule has 18 heavy (non-hydrogen) atoms. The number of hydrogen-bond acceptors (Lipinski definition) is 3. The quantitative estimate of drug-likeness (QED) is 0.868. The molecular weight excluding hydrogens is 273 g/mol. The molecule has 1 aliphatic heterocycles. The molecule has 1 saturated heterocycles. The molecule has 0 aliphatic carbocycles. The van der Waals surface area contributed by atoms with Gasteiger partial charge in [0.05, 0.1) is 17.2 Å². The van der Waals surface area contributed by atoms with Gasteiger partial charge in [-0.2, -0.15) is 0 Å². The molecular formula is C13H15Cl2NO2. The zero-order valence-electron chi connectivity index (χ0n) is 10.1. The summed E-state index contributed by atoms with van der Waals surface area (Å²) in [4.78, 5) is 12.3. The van der Waals surface area contributed by atoms with Crippen LogP contribution in [-0.4, -0.2) is 26.0 Å². The van der Waals surface area contributed by atoms with Gasteiger partial charge < -0.3 is 10.1 Å². The summed E-state index contributed by atoms with van der Waals surface area (Å²) >= 11 is 12.1. The Kier molecular flexibility index (Phi) is 4.49. The van der Waals surface area contributed by atoms with E-state index >= 15 is 0 Å². The van der Waals surface area contributed by atoms with Crippen LogP contribution in [0.4, 0.5) is 0 Å². The maximum atomic E-state index is 12.3. The van der Waals surface area contributed by atoms with Crippen molar-refractivity contribution in [3.63, 3.8) is 0 Å². The fourth-order valence-corrected chi connectivity index (χ4v) is 2.66. The Hall–Kier alpha value is -0.770. The maximum Gasteiger partial charge on any atom is 0.168 e. The molecule has 1 aromatic rings. The molecule has 1 N–H and O–H groups in total. The summed E-state index contributed by atoms with van der Waals surface area (Å²) in [5.74, 6) is 0.525. The van der Waals surface area contributed by atoms with Crippen molar-refractivity contribution in [1.29, 1.82) is 0 Å². The zero-order valence-corrected chi connectivity index (χ0v) is 11.6. The normalized spacial score (nSPS) is 19.6. The Labute approximate surface area is 116 Å². The first-order chi connectivity index (χ1) is 8.63. The van der Waals surface area contributed by atoms with E-state index in [1.165, 1.54) is 7.11 Å². The van der Waals surface area contributed by atoms with Gasteiger partial charge in [-0.15, -0.1) is 0 Å². The minimum absolute atomic E-state index is 0.0132. The molecule has 1 aliphatic rings. The first-order valence-corrected chi connectivity index (χ1v) is 6.67. The molecule has 1 unspecified atom stereocenters. The minimum Gasteiger partial charge on any atom is -0.495 e. The van der Waals surface area contributed by atoms with E-state index in [1.807, 2.05) is 0 Å². The minimum atomic E-state index is -0.0132. The van der Waals surface area contributed by atoms with E-state index in [0.717, 1.165) is 19.4 Å². The van der Waals surface area contributed by atoms with Crippen LogP contribution in [0.1, 0.15) is 23.2 Å². The number of nitrogens with one attached hydrogen (secondary N) is 1. The SMILES string of the molecule is COc1cc(Cl)c(C(=O)C2CCCNC2)cc1Cl. The van der Waals surface area contributed by atoms with Gasteiger partial charge in [-0.3, -0.25) is 4.79 Å². The number of piperidine rings is 1. The van der Waals surface area contributed by atoms with Crippen molar-refractivity contribution in [2.45, 2.75) is 12.8 Å². The Bertz CT molecular complexity index is 457. The number of methoxy groups -OCH3 is 1. The second kappa shape index (κ2) is 5.91. The van der Waals surface area contributed by atoms with Gasteiger partial charge in [0.25, 0.3) is 0 Å². The van der Waals surface area contributed by atoms with Gasteiger partial charge in [-0.05, 0) is 25.5 Å². The number of hydrogen-bond donors (Lipinski definition) is 1. The Morgan fingerprint density at radius 1 is 1.39 bits per heavy atom. The summed E-state index contributed by atoms with van der Waals surface area (Å²) in [6.45, 7) is 1.68. The van der Waals surface area contributed by atoms with Crippen LogP contribution in [-0.2, 0) is 0 Å². The van der Waals surface area contributed by atoms with Gasteiger partial charge in [0, 0.05) is 24.1 Å². The van der Waals surface area contributed by atoms with Crippen molar-refractivity contribution < 1.29 is 9.53 Å². The zero-order chi connectivity index (χ0) is 13.1. The van der Waals surface area contributed by atoms with Crippen LogP contribution in [0.25, 0.3) is 0 Å². The Balaban J connectivity index is 2.27. The van der Waals surface area contributed by atoms with E-state index in [1.54, 1.807) is 12.1 Å². The fraction of sp³-hybridized carbons (Fsp3) is 0.462. The smallest absolute Gasteiger partial charge is 0.168 e. The number of rotatable bonds is 3. The van der Waals surface area contributed by atoms with Crippen molar-refractivity contribution in [3.8, 4) is 5.75 Å². The van der Waals surface area contributed by atoms with E-state index in [9.17, 15) is 4.79 Å². The monoisotopic (exact) mass is 287 g/mol. The molecule has 0 saturated carbocycles. The lowest BCUT2D eigenvalue weighted by atomic mass is 9.91. The number of ether oxygens (including phenoxy) is 1. The largest absolute Gasteiger partial charge is 0.495 e. The van der Waals surface area contributed by atoms with Crippen LogP contribution in [0.3, 0.4) is 0 Å². The summed E-state index contributed by atoms with van der Waals surface area (Å²) in [6, 6.07) is 3.19. The first kappa shape index (κ1) is 13.7. The van der Waals surface area contributed by atoms with Crippen LogP contribution in [0.2, 0.25) is 10.0 Å².